The standard InChI is InChI=1S/C15H13Cl3N2O4S/c1-8(24-14-7-12(17)11(16)6-13(14)18)15(21)20-9-2-4-10(5-3-9)25(19,22)23/h2-8H,1H3,(H,20,21)(H2,19,22,23). The summed E-state index contributed by atoms with van der Waals surface area (Å²) < 4.78 is 27.9. The van der Waals surface area contributed by atoms with Gasteiger partial charge in [-0.1, -0.05) is 34.8 Å². The number of carbonyl (C=O) groups is 1. The number of amides is 1. The van der Waals surface area contributed by atoms with Crippen LogP contribution in [0.2, 0.25) is 15.1 Å². The third kappa shape index (κ3) is 5.23. The van der Waals surface area contributed by atoms with E-state index in [0.29, 0.717) is 5.69 Å². The Labute approximate surface area is 159 Å². The summed E-state index contributed by atoms with van der Waals surface area (Å²) in [4.78, 5) is 12.1. The lowest BCUT2D eigenvalue weighted by Crippen LogP contribution is -2.30. The van der Waals surface area contributed by atoms with Crippen molar-refractivity contribution in [2.24, 2.45) is 5.14 Å². The van der Waals surface area contributed by atoms with Crippen LogP contribution in [0.1, 0.15) is 6.92 Å². The lowest BCUT2D eigenvalue weighted by atomic mass is 10.3. The minimum absolute atomic E-state index is 0.0580. The molecule has 10 heteroatoms. The molecule has 3 N–H and O–H groups in total. The number of nitrogens with one attached hydrogen (secondary N) is 1. The summed E-state index contributed by atoms with van der Waals surface area (Å²) in [6.07, 6.45) is -0.896. The van der Waals surface area contributed by atoms with Crippen LogP contribution in [0.3, 0.4) is 0 Å². The Morgan fingerprint density at radius 3 is 2.20 bits per heavy atom. The molecule has 0 radical (unpaired) electrons. The molecule has 2 rings (SSSR count). The van der Waals surface area contributed by atoms with Crippen LogP contribution in [0, 0.1) is 0 Å². The summed E-state index contributed by atoms with van der Waals surface area (Å²) in [5.74, 6) is -0.256. The second-order valence-electron chi connectivity index (χ2n) is 5.02. The van der Waals surface area contributed by atoms with Crippen molar-refractivity contribution < 1.29 is 17.9 Å². The molecule has 6 nitrogen and oxygen atoms in total. The fraction of sp³-hybridized carbons (Fsp3) is 0.133. The molecule has 0 bridgehead atoms. The lowest BCUT2D eigenvalue weighted by Gasteiger charge is -2.16. The molecule has 0 spiro atoms. The van der Waals surface area contributed by atoms with Gasteiger partial charge >= 0.3 is 0 Å². The minimum atomic E-state index is -3.79. The Morgan fingerprint density at radius 2 is 1.64 bits per heavy atom. The van der Waals surface area contributed by atoms with Crippen LogP contribution in [0.25, 0.3) is 0 Å². The number of rotatable bonds is 5. The Balaban J connectivity index is 2.07. The van der Waals surface area contributed by atoms with Crippen LogP contribution >= 0.6 is 34.8 Å². The molecule has 0 aliphatic rings. The van der Waals surface area contributed by atoms with E-state index in [1.807, 2.05) is 0 Å². The van der Waals surface area contributed by atoms with Gasteiger partial charge in [-0.3, -0.25) is 4.79 Å². The van der Waals surface area contributed by atoms with Crippen molar-refractivity contribution in [3.63, 3.8) is 0 Å². The highest BCUT2D eigenvalue weighted by atomic mass is 35.5. The van der Waals surface area contributed by atoms with Crippen LogP contribution in [0.4, 0.5) is 5.69 Å². The molecule has 0 aliphatic carbocycles. The minimum Gasteiger partial charge on any atom is -0.479 e. The summed E-state index contributed by atoms with van der Waals surface area (Å²) in [5.41, 5.74) is 0.382. The molecule has 25 heavy (non-hydrogen) atoms. The van der Waals surface area contributed by atoms with Gasteiger partial charge in [0, 0.05) is 11.8 Å². The quantitative estimate of drug-likeness (QED) is 0.716. The summed E-state index contributed by atoms with van der Waals surface area (Å²) in [6.45, 7) is 1.52. The molecule has 134 valence electrons. The van der Waals surface area contributed by atoms with Crippen LogP contribution in [-0.2, 0) is 14.8 Å². The van der Waals surface area contributed by atoms with Crippen LogP contribution in [0.5, 0.6) is 5.75 Å². The van der Waals surface area contributed by atoms with Crippen molar-refractivity contribution in [3.8, 4) is 5.75 Å². The van der Waals surface area contributed by atoms with Crippen molar-refractivity contribution in [1.29, 1.82) is 0 Å². The number of primary sulfonamides is 1. The first kappa shape index (κ1) is 19.8. The summed E-state index contributed by atoms with van der Waals surface area (Å²) in [6, 6.07) is 8.22. The molecule has 2 aromatic rings. The van der Waals surface area contributed by atoms with E-state index >= 15 is 0 Å². The second kappa shape index (κ2) is 7.80. The van der Waals surface area contributed by atoms with E-state index in [1.165, 1.54) is 43.3 Å². The number of carbonyl (C=O) groups excluding carboxylic acids is 1. The largest absolute Gasteiger partial charge is 0.479 e. The van der Waals surface area contributed by atoms with Crippen molar-refractivity contribution in [3.05, 3.63) is 51.5 Å². The Bertz CT molecular complexity index is 902. The monoisotopic (exact) mass is 422 g/mol. The normalized spacial score (nSPS) is 12.5. The van der Waals surface area contributed by atoms with Crippen molar-refractivity contribution in [2.45, 2.75) is 17.9 Å². The zero-order valence-electron chi connectivity index (χ0n) is 12.8. The Kier molecular flexibility index (Phi) is 6.18. The maximum absolute atomic E-state index is 12.2. The number of benzene rings is 2. The first-order valence-corrected chi connectivity index (χ1v) is 9.51. The van der Waals surface area contributed by atoms with Gasteiger partial charge in [0.25, 0.3) is 5.91 Å². The van der Waals surface area contributed by atoms with Crippen molar-refractivity contribution in [2.75, 3.05) is 5.32 Å². The molecule has 0 saturated carbocycles. The molecule has 0 aliphatic heterocycles. The number of sulfonamides is 1. The number of hydrogen-bond acceptors (Lipinski definition) is 4. The van der Waals surface area contributed by atoms with Gasteiger partial charge in [-0.05, 0) is 37.3 Å². The van der Waals surface area contributed by atoms with E-state index in [1.54, 1.807) is 0 Å². The average molecular weight is 424 g/mol. The highest BCUT2D eigenvalue weighted by molar-refractivity contribution is 7.89. The van der Waals surface area contributed by atoms with Gasteiger partial charge in [0.1, 0.15) is 5.75 Å². The van der Waals surface area contributed by atoms with Gasteiger partial charge in [-0.2, -0.15) is 0 Å². The van der Waals surface area contributed by atoms with Crippen molar-refractivity contribution in [1.82, 2.24) is 0 Å². The van der Waals surface area contributed by atoms with Gasteiger partial charge in [-0.15, -0.1) is 0 Å². The summed E-state index contributed by atoms with van der Waals surface area (Å²) in [5, 5.41) is 8.32. The molecule has 0 fully saturated rings. The number of ether oxygens (including phenoxy) is 1. The molecule has 1 atom stereocenters. The highest BCUT2D eigenvalue weighted by Gasteiger charge is 2.18. The summed E-state index contributed by atoms with van der Waals surface area (Å²) >= 11 is 17.7. The average Bonchev–Trinajstić information content (AvgIpc) is 2.52. The Hall–Kier alpha value is -1.51. The fourth-order valence-electron chi connectivity index (χ4n) is 1.81. The number of nitrogens with two attached hydrogens (primary N) is 1. The van der Waals surface area contributed by atoms with Crippen LogP contribution in [0.15, 0.2) is 41.3 Å². The molecular weight excluding hydrogens is 411 g/mol. The van der Waals surface area contributed by atoms with Gasteiger partial charge < -0.3 is 10.1 Å². The predicted molar refractivity (Wildman–Crippen MR) is 98.0 cm³/mol. The molecular formula is C15H13Cl3N2O4S. The SMILES string of the molecule is CC(Oc1cc(Cl)c(Cl)cc1Cl)C(=O)Nc1ccc(S(N)(=O)=O)cc1. The molecule has 1 unspecified atom stereocenters. The van der Waals surface area contributed by atoms with E-state index in [4.69, 9.17) is 44.7 Å². The second-order valence-corrected chi connectivity index (χ2v) is 7.80. The number of anilines is 1. The maximum Gasteiger partial charge on any atom is 0.265 e. The molecule has 0 heterocycles. The highest BCUT2D eigenvalue weighted by Crippen LogP contribution is 2.34. The van der Waals surface area contributed by atoms with Gasteiger partial charge in [0.05, 0.1) is 20.0 Å². The van der Waals surface area contributed by atoms with E-state index < -0.39 is 22.0 Å². The molecule has 1 amide bonds. The third-order valence-electron chi connectivity index (χ3n) is 3.10. The zero-order chi connectivity index (χ0) is 18.8. The molecule has 2 aromatic carbocycles. The van der Waals surface area contributed by atoms with Crippen LogP contribution < -0.4 is 15.2 Å². The first-order valence-electron chi connectivity index (χ1n) is 6.83. The van der Waals surface area contributed by atoms with Crippen molar-refractivity contribution >= 4 is 56.4 Å². The number of halogens is 3. The van der Waals surface area contributed by atoms with E-state index in [2.05, 4.69) is 5.32 Å². The molecule has 0 aromatic heterocycles. The predicted octanol–water partition coefficient (Wildman–Crippen LogP) is 3.70. The zero-order valence-corrected chi connectivity index (χ0v) is 15.9. The van der Waals surface area contributed by atoms with Gasteiger partial charge in [0.2, 0.25) is 10.0 Å². The van der Waals surface area contributed by atoms with Crippen LogP contribution in [-0.4, -0.2) is 20.4 Å². The van der Waals surface area contributed by atoms with Gasteiger partial charge in [0.15, 0.2) is 6.10 Å². The lowest BCUT2D eigenvalue weighted by molar-refractivity contribution is -0.122. The number of hydrogen-bond donors (Lipinski definition) is 2. The first-order chi connectivity index (χ1) is 11.6. The topological polar surface area (TPSA) is 98.5 Å². The summed E-state index contributed by atoms with van der Waals surface area (Å²) in [7, 11) is -3.79. The van der Waals surface area contributed by atoms with E-state index in [0.717, 1.165) is 0 Å². The smallest absolute Gasteiger partial charge is 0.265 e. The van der Waals surface area contributed by atoms with Gasteiger partial charge in [-0.25, -0.2) is 13.6 Å². The third-order valence-corrected chi connectivity index (χ3v) is 5.04. The van der Waals surface area contributed by atoms with E-state index in [9.17, 15) is 13.2 Å². The molecule has 0 saturated heterocycles. The van der Waals surface area contributed by atoms with E-state index in [-0.39, 0.29) is 25.7 Å². The fourth-order valence-corrected chi connectivity index (χ4v) is 2.91. The Morgan fingerprint density at radius 1 is 1.08 bits per heavy atom. The maximum atomic E-state index is 12.2.